The molecule has 0 saturated heterocycles. The van der Waals surface area contributed by atoms with Crippen molar-refractivity contribution in [1.29, 1.82) is 0 Å². The molecule has 0 heterocycles. The Balaban J connectivity index is 2.70. The number of alkyl carbamates (subject to hydrolysis) is 1. The molecular weight excluding hydrogens is 299 g/mol. The quantitative estimate of drug-likeness (QED) is 0.827. The van der Waals surface area contributed by atoms with E-state index in [1.165, 1.54) is 0 Å². The van der Waals surface area contributed by atoms with Gasteiger partial charge in [-0.3, -0.25) is 0 Å². The van der Waals surface area contributed by atoms with E-state index < -0.39 is 30.0 Å². The zero-order valence-electron chi connectivity index (χ0n) is 13.4. The van der Waals surface area contributed by atoms with Crippen molar-refractivity contribution in [2.24, 2.45) is 5.92 Å². The Hall–Kier alpha value is -0.980. The number of halogens is 3. The van der Waals surface area contributed by atoms with E-state index in [9.17, 15) is 23.1 Å². The van der Waals surface area contributed by atoms with Gasteiger partial charge in [-0.1, -0.05) is 32.1 Å². The number of aliphatic hydroxyl groups is 1. The molecule has 0 aromatic carbocycles. The highest BCUT2D eigenvalue weighted by atomic mass is 19.4. The van der Waals surface area contributed by atoms with Crippen molar-refractivity contribution in [2.75, 3.05) is 0 Å². The largest absolute Gasteiger partial charge is 0.444 e. The zero-order valence-corrected chi connectivity index (χ0v) is 13.4. The molecule has 0 radical (unpaired) electrons. The van der Waals surface area contributed by atoms with Gasteiger partial charge in [0.25, 0.3) is 0 Å². The van der Waals surface area contributed by atoms with Crippen LogP contribution in [0.4, 0.5) is 18.0 Å². The average Bonchev–Trinajstić information content (AvgIpc) is 2.35. The van der Waals surface area contributed by atoms with Crippen molar-refractivity contribution in [2.45, 2.75) is 83.2 Å². The molecule has 1 aliphatic rings. The lowest BCUT2D eigenvalue weighted by Crippen LogP contribution is -2.51. The smallest absolute Gasteiger partial charge is 0.416 e. The summed E-state index contributed by atoms with van der Waals surface area (Å²) in [6, 6.07) is -1.38. The molecule has 0 spiro atoms. The predicted octanol–water partition coefficient (Wildman–Crippen LogP) is 3.77. The molecule has 130 valence electrons. The number of ether oxygens (including phenoxy) is 1. The molecule has 1 amide bonds. The molecule has 1 aliphatic carbocycles. The average molecular weight is 325 g/mol. The maximum absolute atomic E-state index is 12.8. The van der Waals surface area contributed by atoms with Crippen LogP contribution in [0.3, 0.4) is 0 Å². The molecule has 0 aromatic rings. The monoisotopic (exact) mass is 325 g/mol. The molecule has 0 unspecified atom stereocenters. The predicted molar refractivity (Wildman–Crippen MR) is 76.4 cm³/mol. The molecule has 0 bridgehead atoms. The fraction of sp³-hybridized carbons (Fsp3) is 0.933. The van der Waals surface area contributed by atoms with Gasteiger partial charge in [-0.05, 0) is 33.1 Å². The summed E-state index contributed by atoms with van der Waals surface area (Å²) in [4.78, 5) is 11.7. The number of amides is 1. The highest BCUT2D eigenvalue weighted by Crippen LogP contribution is 2.31. The molecule has 1 fully saturated rings. The normalized spacial score (nSPS) is 20.3. The van der Waals surface area contributed by atoms with Crippen LogP contribution in [0, 0.1) is 5.92 Å². The fourth-order valence-corrected chi connectivity index (χ4v) is 2.74. The Bertz CT molecular complexity index is 360. The van der Waals surface area contributed by atoms with Crippen LogP contribution in [0.25, 0.3) is 0 Å². The van der Waals surface area contributed by atoms with Gasteiger partial charge in [0.1, 0.15) is 5.60 Å². The van der Waals surface area contributed by atoms with Crippen molar-refractivity contribution in [3.63, 3.8) is 0 Å². The maximum atomic E-state index is 12.8. The van der Waals surface area contributed by atoms with Crippen molar-refractivity contribution in [1.82, 2.24) is 5.32 Å². The second-order valence-electron chi connectivity index (χ2n) is 6.98. The van der Waals surface area contributed by atoms with Crippen molar-refractivity contribution in [3.8, 4) is 0 Å². The Morgan fingerprint density at radius 3 is 2.23 bits per heavy atom. The topological polar surface area (TPSA) is 58.6 Å². The molecule has 1 rings (SSSR count). The van der Waals surface area contributed by atoms with E-state index in [1.807, 2.05) is 0 Å². The third-order valence-electron chi connectivity index (χ3n) is 3.73. The van der Waals surface area contributed by atoms with Crippen LogP contribution in [0.5, 0.6) is 0 Å². The molecule has 2 N–H and O–H groups in total. The van der Waals surface area contributed by atoms with E-state index >= 15 is 0 Å². The lowest BCUT2D eigenvalue weighted by Gasteiger charge is -2.31. The summed E-state index contributed by atoms with van der Waals surface area (Å²) in [6.45, 7) is 4.88. The summed E-state index contributed by atoms with van der Waals surface area (Å²) >= 11 is 0. The molecule has 1 saturated carbocycles. The molecule has 0 aliphatic heterocycles. The highest BCUT2D eigenvalue weighted by Gasteiger charge is 2.45. The summed E-state index contributed by atoms with van der Waals surface area (Å²) in [5, 5.41) is 11.7. The number of rotatable bonds is 4. The molecule has 7 heteroatoms. The standard InChI is InChI=1S/C15H26F3NO3/c1-14(2,3)22-13(21)19-11(12(20)15(16,17)18)9-10-7-5-4-6-8-10/h10-12,20H,4-9H2,1-3H3,(H,19,21)/t11-,12+/m1/s1. The summed E-state index contributed by atoms with van der Waals surface area (Å²) in [7, 11) is 0. The summed E-state index contributed by atoms with van der Waals surface area (Å²) in [5.74, 6) is 0.0886. The van der Waals surface area contributed by atoms with Gasteiger partial charge >= 0.3 is 12.3 Å². The number of alkyl halides is 3. The van der Waals surface area contributed by atoms with Crippen LogP contribution in [0.15, 0.2) is 0 Å². The van der Waals surface area contributed by atoms with Gasteiger partial charge in [0.15, 0.2) is 6.10 Å². The van der Waals surface area contributed by atoms with Gasteiger partial charge in [0.05, 0.1) is 6.04 Å². The number of carbonyl (C=O) groups excluding carboxylic acids is 1. The Morgan fingerprint density at radius 2 is 1.77 bits per heavy atom. The lowest BCUT2D eigenvalue weighted by atomic mass is 9.83. The molecule has 4 nitrogen and oxygen atoms in total. The van der Waals surface area contributed by atoms with Crippen molar-refractivity contribution < 1.29 is 27.8 Å². The van der Waals surface area contributed by atoms with Gasteiger partial charge in [-0.2, -0.15) is 13.2 Å². The first-order valence-electron chi connectivity index (χ1n) is 7.73. The Labute approximate surface area is 129 Å². The molecule has 22 heavy (non-hydrogen) atoms. The first kappa shape index (κ1) is 19.1. The summed E-state index contributed by atoms with van der Waals surface area (Å²) < 4.78 is 43.4. The van der Waals surface area contributed by atoms with Crippen LogP contribution in [-0.2, 0) is 4.74 Å². The van der Waals surface area contributed by atoms with Gasteiger partial charge < -0.3 is 15.2 Å². The van der Waals surface area contributed by atoms with E-state index in [0.29, 0.717) is 0 Å². The Kier molecular flexibility index (Phi) is 6.52. The second kappa shape index (κ2) is 7.53. The second-order valence-corrected chi connectivity index (χ2v) is 6.98. The number of hydrogen-bond acceptors (Lipinski definition) is 3. The first-order valence-corrected chi connectivity index (χ1v) is 7.73. The van der Waals surface area contributed by atoms with E-state index in [4.69, 9.17) is 4.74 Å². The van der Waals surface area contributed by atoms with E-state index in [2.05, 4.69) is 5.32 Å². The summed E-state index contributed by atoms with van der Waals surface area (Å²) in [6.07, 6.45) is -3.47. The van der Waals surface area contributed by atoms with E-state index in [1.54, 1.807) is 20.8 Å². The zero-order chi connectivity index (χ0) is 17.0. The van der Waals surface area contributed by atoms with Crippen LogP contribution in [-0.4, -0.2) is 35.1 Å². The minimum absolute atomic E-state index is 0.0886. The van der Waals surface area contributed by atoms with Crippen molar-refractivity contribution in [3.05, 3.63) is 0 Å². The Morgan fingerprint density at radius 1 is 1.23 bits per heavy atom. The lowest BCUT2D eigenvalue weighted by molar-refractivity contribution is -0.213. The van der Waals surface area contributed by atoms with Gasteiger partial charge in [0, 0.05) is 0 Å². The number of aliphatic hydroxyl groups excluding tert-OH is 1. The number of nitrogens with one attached hydrogen (secondary N) is 1. The fourth-order valence-electron chi connectivity index (χ4n) is 2.74. The van der Waals surface area contributed by atoms with E-state index in [-0.39, 0.29) is 12.3 Å². The van der Waals surface area contributed by atoms with Gasteiger partial charge in [-0.15, -0.1) is 0 Å². The van der Waals surface area contributed by atoms with Crippen LogP contribution in [0.1, 0.15) is 59.3 Å². The van der Waals surface area contributed by atoms with Crippen LogP contribution < -0.4 is 5.32 Å². The van der Waals surface area contributed by atoms with E-state index in [0.717, 1.165) is 32.1 Å². The molecule has 2 atom stereocenters. The number of carbonyl (C=O) groups is 1. The minimum atomic E-state index is -4.77. The summed E-state index contributed by atoms with van der Waals surface area (Å²) in [5.41, 5.74) is -0.803. The molecule has 0 aromatic heterocycles. The van der Waals surface area contributed by atoms with Gasteiger partial charge in [-0.25, -0.2) is 4.79 Å². The van der Waals surface area contributed by atoms with Crippen LogP contribution in [0.2, 0.25) is 0 Å². The van der Waals surface area contributed by atoms with Crippen molar-refractivity contribution >= 4 is 6.09 Å². The molecular formula is C15H26F3NO3. The highest BCUT2D eigenvalue weighted by molar-refractivity contribution is 5.68. The van der Waals surface area contributed by atoms with Crippen LogP contribution >= 0.6 is 0 Å². The first-order chi connectivity index (χ1) is 9.99. The SMILES string of the molecule is CC(C)(C)OC(=O)N[C@H](CC1CCCCC1)[C@H](O)C(F)(F)F. The minimum Gasteiger partial charge on any atom is -0.444 e. The number of hydrogen-bond donors (Lipinski definition) is 2. The third kappa shape index (κ3) is 6.85. The maximum Gasteiger partial charge on any atom is 0.416 e. The third-order valence-corrected chi connectivity index (χ3v) is 3.73. The van der Waals surface area contributed by atoms with Gasteiger partial charge in [0.2, 0.25) is 0 Å².